The van der Waals surface area contributed by atoms with Crippen LogP contribution in [-0.2, 0) is 0 Å². The number of benzene rings is 1. The van der Waals surface area contributed by atoms with E-state index in [1.54, 1.807) is 0 Å². The van der Waals surface area contributed by atoms with Gasteiger partial charge in [0.15, 0.2) is 11.0 Å². The van der Waals surface area contributed by atoms with Crippen LogP contribution in [0.1, 0.15) is 0 Å². The predicted octanol–water partition coefficient (Wildman–Crippen LogP) is 2.84. The highest BCUT2D eigenvalue weighted by atomic mass is 35.5. The standard InChI is InChI=1S/C10H7Cl2N3/c11-6-1-2-8-7(5-6)14-9(12)10-13-3-4-15(8)10/h1-2,5H,3-4H2. The number of amidine groups is 1. The Bertz CT molecular complexity index is 493. The Morgan fingerprint density at radius 3 is 3.00 bits per heavy atom. The Morgan fingerprint density at radius 1 is 1.27 bits per heavy atom. The fourth-order valence-corrected chi connectivity index (χ4v) is 2.25. The molecule has 0 aliphatic carbocycles. The fourth-order valence-electron chi connectivity index (χ4n) is 1.83. The minimum absolute atomic E-state index is 0.447. The first-order valence-electron chi connectivity index (χ1n) is 4.62. The molecule has 2 aliphatic rings. The topological polar surface area (TPSA) is 28.0 Å². The number of fused-ring (bicyclic) bond motifs is 3. The Morgan fingerprint density at radius 2 is 2.13 bits per heavy atom. The van der Waals surface area contributed by atoms with Gasteiger partial charge in [-0.1, -0.05) is 23.2 Å². The van der Waals surface area contributed by atoms with Crippen molar-refractivity contribution in [1.82, 2.24) is 0 Å². The van der Waals surface area contributed by atoms with Crippen LogP contribution in [0.25, 0.3) is 0 Å². The highest BCUT2D eigenvalue weighted by Crippen LogP contribution is 2.36. The van der Waals surface area contributed by atoms with Crippen molar-refractivity contribution in [2.75, 3.05) is 18.0 Å². The number of anilines is 1. The molecule has 0 saturated carbocycles. The van der Waals surface area contributed by atoms with Crippen LogP contribution in [0, 0.1) is 0 Å². The minimum atomic E-state index is 0.447. The molecule has 2 aliphatic heterocycles. The molecule has 0 spiro atoms. The molecule has 0 N–H and O–H groups in total. The number of nitrogens with zero attached hydrogens (tertiary/aromatic N) is 3. The van der Waals surface area contributed by atoms with E-state index in [-0.39, 0.29) is 0 Å². The van der Waals surface area contributed by atoms with E-state index >= 15 is 0 Å². The maximum atomic E-state index is 6.03. The largest absolute Gasteiger partial charge is 0.320 e. The normalized spacial score (nSPS) is 18.1. The van der Waals surface area contributed by atoms with Crippen molar-refractivity contribution in [3.05, 3.63) is 23.2 Å². The molecule has 1 aromatic carbocycles. The Balaban J connectivity index is 2.22. The Labute approximate surface area is 97.0 Å². The van der Waals surface area contributed by atoms with Gasteiger partial charge in [-0.25, -0.2) is 4.99 Å². The molecule has 0 amide bonds. The second-order valence-electron chi connectivity index (χ2n) is 3.39. The van der Waals surface area contributed by atoms with Crippen LogP contribution < -0.4 is 4.90 Å². The van der Waals surface area contributed by atoms with Gasteiger partial charge < -0.3 is 4.90 Å². The van der Waals surface area contributed by atoms with Gasteiger partial charge in [-0.3, -0.25) is 4.99 Å². The van der Waals surface area contributed by atoms with Gasteiger partial charge >= 0.3 is 0 Å². The zero-order valence-electron chi connectivity index (χ0n) is 7.74. The van der Waals surface area contributed by atoms with E-state index < -0.39 is 0 Å². The Hall–Kier alpha value is -1.06. The van der Waals surface area contributed by atoms with Crippen LogP contribution in [0.2, 0.25) is 5.02 Å². The number of hydrogen-bond donors (Lipinski definition) is 0. The van der Waals surface area contributed by atoms with E-state index in [0.717, 1.165) is 30.3 Å². The van der Waals surface area contributed by atoms with E-state index in [1.165, 1.54) is 0 Å². The zero-order chi connectivity index (χ0) is 10.4. The van der Waals surface area contributed by atoms with Gasteiger partial charge in [-0.05, 0) is 18.2 Å². The lowest BCUT2D eigenvalue weighted by Gasteiger charge is -2.25. The summed E-state index contributed by atoms with van der Waals surface area (Å²) in [6.45, 7) is 1.62. The molecule has 2 heterocycles. The van der Waals surface area contributed by atoms with Gasteiger partial charge in [-0.2, -0.15) is 0 Å². The van der Waals surface area contributed by atoms with Crippen molar-refractivity contribution in [1.29, 1.82) is 0 Å². The van der Waals surface area contributed by atoms with Gasteiger partial charge in [-0.15, -0.1) is 0 Å². The van der Waals surface area contributed by atoms with Crippen molar-refractivity contribution >= 4 is 45.6 Å². The number of halogens is 2. The molecule has 0 bridgehead atoms. The highest BCUT2D eigenvalue weighted by molar-refractivity contribution is 6.85. The lowest BCUT2D eigenvalue weighted by atomic mass is 10.2. The molecule has 3 rings (SSSR count). The highest BCUT2D eigenvalue weighted by Gasteiger charge is 2.28. The molecule has 1 aromatic rings. The molecule has 0 unspecified atom stereocenters. The maximum absolute atomic E-state index is 6.03. The molecule has 0 radical (unpaired) electrons. The molecule has 0 aromatic heterocycles. The molecule has 0 atom stereocenters. The van der Waals surface area contributed by atoms with Crippen LogP contribution in [0.5, 0.6) is 0 Å². The molecular formula is C10H7Cl2N3. The SMILES string of the molecule is ClC1=Nc2cc(Cl)ccc2N2CCN=C12. The molecule has 0 saturated heterocycles. The minimum Gasteiger partial charge on any atom is -0.320 e. The molecule has 0 fully saturated rings. The van der Waals surface area contributed by atoms with Crippen LogP contribution in [0.3, 0.4) is 0 Å². The second kappa shape index (κ2) is 3.22. The van der Waals surface area contributed by atoms with E-state index in [2.05, 4.69) is 14.9 Å². The summed E-state index contributed by atoms with van der Waals surface area (Å²) in [4.78, 5) is 10.7. The van der Waals surface area contributed by atoms with E-state index in [1.807, 2.05) is 18.2 Å². The average Bonchev–Trinajstić information content (AvgIpc) is 2.66. The smallest absolute Gasteiger partial charge is 0.172 e. The summed E-state index contributed by atoms with van der Waals surface area (Å²) in [5.74, 6) is 0.770. The summed E-state index contributed by atoms with van der Waals surface area (Å²) < 4.78 is 0. The first kappa shape index (κ1) is 9.19. The summed E-state index contributed by atoms with van der Waals surface area (Å²) in [6.07, 6.45) is 0. The zero-order valence-corrected chi connectivity index (χ0v) is 9.26. The van der Waals surface area contributed by atoms with Crippen molar-refractivity contribution in [2.24, 2.45) is 9.98 Å². The number of rotatable bonds is 0. The molecular weight excluding hydrogens is 233 g/mol. The summed E-state index contributed by atoms with van der Waals surface area (Å²) in [5.41, 5.74) is 1.84. The first-order chi connectivity index (χ1) is 7.25. The van der Waals surface area contributed by atoms with Crippen molar-refractivity contribution < 1.29 is 0 Å². The third-order valence-electron chi connectivity index (χ3n) is 2.47. The fraction of sp³-hybridized carbons (Fsp3) is 0.200. The van der Waals surface area contributed by atoms with Crippen molar-refractivity contribution in [3.8, 4) is 0 Å². The van der Waals surface area contributed by atoms with Crippen LogP contribution in [0.4, 0.5) is 11.4 Å². The van der Waals surface area contributed by atoms with Crippen molar-refractivity contribution in [3.63, 3.8) is 0 Å². The number of aliphatic imine (C=N–C) groups is 2. The average molecular weight is 240 g/mol. The van der Waals surface area contributed by atoms with Crippen LogP contribution in [-0.4, -0.2) is 24.1 Å². The quantitative estimate of drug-likeness (QED) is 0.685. The van der Waals surface area contributed by atoms with Gasteiger partial charge in [0.25, 0.3) is 0 Å². The third-order valence-corrected chi connectivity index (χ3v) is 2.96. The third kappa shape index (κ3) is 1.34. The monoisotopic (exact) mass is 239 g/mol. The Kier molecular flexibility index (Phi) is 1.97. The predicted molar refractivity (Wildman–Crippen MR) is 64.0 cm³/mol. The number of hydrogen-bond acceptors (Lipinski definition) is 3. The van der Waals surface area contributed by atoms with E-state index in [0.29, 0.717) is 10.2 Å². The summed E-state index contributed by atoms with van der Waals surface area (Å²) >= 11 is 11.9. The molecule has 15 heavy (non-hydrogen) atoms. The van der Waals surface area contributed by atoms with Gasteiger partial charge in [0.2, 0.25) is 0 Å². The first-order valence-corrected chi connectivity index (χ1v) is 5.37. The summed E-state index contributed by atoms with van der Waals surface area (Å²) in [6, 6.07) is 5.62. The molecule has 76 valence electrons. The summed E-state index contributed by atoms with van der Waals surface area (Å²) in [7, 11) is 0. The van der Waals surface area contributed by atoms with Crippen LogP contribution >= 0.6 is 23.2 Å². The lowest BCUT2D eigenvalue weighted by molar-refractivity contribution is 1.02. The molecule has 3 nitrogen and oxygen atoms in total. The molecule has 5 heteroatoms. The summed E-state index contributed by atoms with van der Waals surface area (Å²) in [5, 5.41) is 1.11. The van der Waals surface area contributed by atoms with Crippen molar-refractivity contribution in [2.45, 2.75) is 0 Å². The van der Waals surface area contributed by atoms with E-state index in [9.17, 15) is 0 Å². The van der Waals surface area contributed by atoms with Gasteiger partial charge in [0.05, 0.1) is 17.9 Å². The van der Waals surface area contributed by atoms with E-state index in [4.69, 9.17) is 23.2 Å². The lowest BCUT2D eigenvalue weighted by Crippen LogP contribution is -2.33. The van der Waals surface area contributed by atoms with Crippen LogP contribution in [0.15, 0.2) is 28.2 Å². The second-order valence-corrected chi connectivity index (χ2v) is 4.19. The van der Waals surface area contributed by atoms with Gasteiger partial charge in [0.1, 0.15) is 0 Å². The van der Waals surface area contributed by atoms with Gasteiger partial charge in [0, 0.05) is 11.6 Å². The maximum Gasteiger partial charge on any atom is 0.172 e.